The van der Waals surface area contributed by atoms with E-state index in [0.29, 0.717) is 19.4 Å². The predicted octanol–water partition coefficient (Wildman–Crippen LogP) is 2.15. The molecule has 0 spiro atoms. The lowest BCUT2D eigenvalue weighted by Crippen LogP contribution is -2.20. The SMILES string of the molecule is CCOC(=O)/C=C/[C@@H](Cc1ccccc1)[C@@H](O)CC.O=C=O. The van der Waals surface area contributed by atoms with Crippen LogP contribution in [-0.4, -0.2) is 29.9 Å². The maximum absolute atomic E-state index is 11.3. The summed E-state index contributed by atoms with van der Waals surface area (Å²) in [5.41, 5.74) is 1.15. The normalized spacial score (nSPS) is 12.7. The average Bonchev–Trinajstić information content (AvgIpc) is 2.52. The Morgan fingerprint density at radius 2 is 1.86 bits per heavy atom. The van der Waals surface area contributed by atoms with Gasteiger partial charge in [-0.3, -0.25) is 0 Å². The third-order valence-electron chi connectivity index (χ3n) is 2.99. The molecule has 0 aliphatic rings. The number of benzene rings is 1. The van der Waals surface area contributed by atoms with Crippen molar-refractivity contribution in [3.05, 3.63) is 48.0 Å². The van der Waals surface area contributed by atoms with Crippen LogP contribution in [0.25, 0.3) is 0 Å². The lowest BCUT2D eigenvalue weighted by atomic mass is 9.92. The molecule has 0 unspecified atom stereocenters. The molecule has 5 nitrogen and oxygen atoms in total. The standard InChI is InChI=1S/C16H22O3.CO2/c1-3-15(17)14(10-11-16(18)19-4-2)12-13-8-6-5-7-9-13;2-1-3/h5-11,14-15,17H,3-4,12H2,1-2H3;/b11-10+;/t14-,15-;/m0./s1. The molecular formula is C17H22O5. The number of hydrogen-bond donors (Lipinski definition) is 1. The zero-order chi connectivity index (χ0) is 16.8. The van der Waals surface area contributed by atoms with E-state index in [1.54, 1.807) is 13.0 Å². The Morgan fingerprint density at radius 3 is 2.36 bits per heavy atom. The van der Waals surface area contributed by atoms with Crippen molar-refractivity contribution in [2.45, 2.75) is 32.8 Å². The van der Waals surface area contributed by atoms with Crippen molar-refractivity contribution >= 4 is 12.1 Å². The Bertz CT molecular complexity index is 475. The van der Waals surface area contributed by atoms with Gasteiger partial charge in [-0.2, -0.15) is 9.59 Å². The first-order valence-electron chi connectivity index (χ1n) is 7.15. The summed E-state index contributed by atoms with van der Waals surface area (Å²) in [4.78, 5) is 27.6. The van der Waals surface area contributed by atoms with Gasteiger partial charge in [-0.05, 0) is 25.3 Å². The quantitative estimate of drug-likeness (QED) is 0.616. The summed E-state index contributed by atoms with van der Waals surface area (Å²) in [7, 11) is 0. The van der Waals surface area contributed by atoms with Crippen LogP contribution in [0.15, 0.2) is 42.5 Å². The maximum Gasteiger partial charge on any atom is 0.373 e. The summed E-state index contributed by atoms with van der Waals surface area (Å²) in [6, 6.07) is 9.95. The predicted molar refractivity (Wildman–Crippen MR) is 80.7 cm³/mol. The van der Waals surface area contributed by atoms with Crippen LogP contribution in [-0.2, 0) is 25.5 Å². The molecule has 1 aromatic carbocycles. The van der Waals surface area contributed by atoms with Crippen molar-refractivity contribution in [2.24, 2.45) is 5.92 Å². The van der Waals surface area contributed by atoms with Gasteiger partial charge in [0.2, 0.25) is 0 Å². The fraction of sp³-hybridized carbons (Fsp3) is 0.412. The van der Waals surface area contributed by atoms with E-state index in [-0.39, 0.29) is 18.0 Å². The number of aliphatic hydroxyl groups is 1. The molecule has 22 heavy (non-hydrogen) atoms. The first-order chi connectivity index (χ1) is 10.6. The molecule has 2 atom stereocenters. The molecule has 1 rings (SSSR count). The number of rotatable bonds is 7. The zero-order valence-electron chi connectivity index (χ0n) is 12.9. The van der Waals surface area contributed by atoms with Gasteiger partial charge < -0.3 is 9.84 Å². The van der Waals surface area contributed by atoms with Crippen molar-refractivity contribution in [3.63, 3.8) is 0 Å². The van der Waals surface area contributed by atoms with Crippen LogP contribution in [0.1, 0.15) is 25.8 Å². The monoisotopic (exact) mass is 306 g/mol. The van der Waals surface area contributed by atoms with Crippen LogP contribution < -0.4 is 0 Å². The van der Waals surface area contributed by atoms with Crippen LogP contribution >= 0.6 is 0 Å². The van der Waals surface area contributed by atoms with Crippen molar-refractivity contribution in [1.82, 2.24) is 0 Å². The Labute approximate surface area is 130 Å². The first kappa shape index (κ1) is 19.8. The first-order valence-corrected chi connectivity index (χ1v) is 7.15. The summed E-state index contributed by atoms with van der Waals surface area (Å²) in [5.74, 6) is -0.430. The number of aliphatic hydroxyl groups excluding tert-OH is 1. The Kier molecular flexibility index (Phi) is 11.2. The third-order valence-corrected chi connectivity index (χ3v) is 2.99. The fourth-order valence-electron chi connectivity index (χ4n) is 1.91. The highest BCUT2D eigenvalue weighted by molar-refractivity contribution is 5.81. The Balaban J connectivity index is 0.00000135. The topological polar surface area (TPSA) is 80.7 Å². The second-order valence-corrected chi connectivity index (χ2v) is 4.52. The highest BCUT2D eigenvalue weighted by Crippen LogP contribution is 2.16. The van der Waals surface area contributed by atoms with Crippen molar-refractivity contribution in [2.75, 3.05) is 6.61 Å². The van der Waals surface area contributed by atoms with Crippen molar-refractivity contribution in [3.8, 4) is 0 Å². The Morgan fingerprint density at radius 1 is 1.27 bits per heavy atom. The van der Waals surface area contributed by atoms with Gasteiger partial charge in [0.15, 0.2) is 0 Å². The van der Waals surface area contributed by atoms with Gasteiger partial charge in [0.05, 0.1) is 12.7 Å². The molecule has 0 aliphatic heterocycles. The maximum atomic E-state index is 11.3. The molecule has 0 heterocycles. The van der Waals surface area contributed by atoms with Gasteiger partial charge in [0, 0.05) is 12.0 Å². The van der Waals surface area contributed by atoms with Gasteiger partial charge in [-0.25, -0.2) is 4.79 Å². The lowest BCUT2D eigenvalue weighted by molar-refractivity contribution is -0.191. The van der Waals surface area contributed by atoms with Crippen LogP contribution in [0.3, 0.4) is 0 Å². The van der Waals surface area contributed by atoms with Gasteiger partial charge in [0.25, 0.3) is 0 Å². The third kappa shape index (κ3) is 8.84. The molecule has 5 heteroatoms. The van der Waals surface area contributed by atoms with E-state index in [1.807, 2.05) is 37.3 Å². The van der Waals surface area contributed by atoms with Crippen molar-refractivity contribution < 1.29 is 24.2 Å². The highest BCUT2D eigenvalue weighted by atomic mass is 16.5. The minimum absolute atomic E-state index is 0.0724. The number of hydrogen-bond acceptors (Lipinski definition) is 5. The average molecular weight is 306 g/mol. The van der Waals surface area contributed by atoms with E-state index in [4.69, 9.17) is 14.3 Å². The lowest BCUT2D eigenvalue weighted by Gasteiger charge is -2.18. The van der Waals surface area contributed by atoms with E-state index >= 15 is 0 Å². The van der Waals surface area contributed by atoms with Crippen LogP contribution in [0.5, 0.6) is 0 Å². The molecule has 1 aromatic rings. The minimum atomic E-state index is -0.453. The molecule has 0 aromatic heterocycles. The van der Waals surface area contributed by atoms with E-state index in [9.17, 15) is 9.90 Å². The Hall–Kier alpha value is -2.23. The van der Waals surface area contributed by atoms with Gasteiger partial charge in [-0.1, -0.05) is 43.3 Å². The molecular weight excluding hydrogens is 284 g/mol. The second-order valence-electron chi connectivity index (χ2n) is 4.52. The summed E-state index contributed by atoms with van der Waals surface area (Å²) < 4.78 is 4.85. The largest absolute Gasteiger partial charge is 0.463 e. The highest BCUT2D eigenvalue weighted by Gasteiger charge is 2.15. The number of carbonyl (C=O) groups excluding carboxylic acids is 3. The number of esters is 1. The molecule has 120 valence electrons. The van der Waals surface area contributed by atoms with E-state index < -0.39 is 6.10 Å². The summed E-state index contributed by atoms with van der Waals surface area (Å²) >= 11 is 0. The summed E-state index contributed by atoms with van der Waals surface area (Å²) in [6.07, 6.45) is 4.33. The molecule has 0 saturated carbocycles. The van der Waals surface area contributed by atoms with Crippen LogP contribution in [0, 0.1) is 5.92 Å². The minimum Gasteiger partial charge on any atom is -0.463 e. The molecule has 0 saturated heterocycles. The van der Waals surface area contributed by atoms with Crippen molar-refractivity contribution in [1.29, 1.82) is 0 Å². The molecule has 1 N–H and O–H groups in total. The fourth-order valence-corrected chi connectivity index (χ4v) is 1.91. The van der Waals surface area contributed by atoms with E-state index in [1.165, 1.54) is 6.08 Å². The molecule has 0 fully saturated rings. The van der Waals surface area contributed by atoms with Crippen LogP contribution in [0.4, 0.5) is 0 Å². The van der Waals surface area contributed by atoms with Gasteiger partial charge in [0.1, 0.15) is 0 Å². The molecule has 0 amide bonds. The molecule has 0 radical (unpaired) electrons. The van der Waals surface area contributed by atoms with E-state index in [0.717, 1.165) is 5.56 Å². The zero-order valence-corrected chi connectivity index (χ0v) is 12.9. The second kappa shape index (κ2) is 12.5. The number of carbonyl (C=O) groups is 1. The van der Waals surface area contributed by atoms with Gasteiger partial charge in [-0.15, -0.1) is 0 Å². The summed E-state index contributed by atoms with van der Waals surface area (Å²) in [6.45, 7) is 4.07. The van der Waals surface area contributed by atoms with Crippen LogP contribution in [0.2, 0.25) is 0 Å². The number of ether oxygens (including phenoxy) is 1. The molecule has 0 bridgehead atoms. The van der Waals surface area contributed by atoms with Gasteiger partial charge >= 0.3 is 12.1 Å². The van der Waals surface area contributed by atoms with E-state index in [2.05, 4.69) is 0 Å². The summed E-state index contributed by atoms with van der Waals surface area (Å²) in [5, 5.41) is 10.0. The molecule has 0 aliphatic carbocycles. The smallest absolute Gasteiger partial charge is 0.373 e.